The Balaban J connectivity index is 0.000000157. The maximum absolute atomic E-state index is 15.0. The van der Waals surface area contributed by atoms with Gasteiger partial charge in [-0.15, -0.1) is 24.0 Å². The highest BCUT2D eigenvalue weighted by atomic mass is 35.5. The lowest BCUT2D eigenvalue weighted by atomic mass is 10.1. The quantitative estimate of drug-likeness (QED) is 0.0417. The Labute approximate surface area is 873 Å². The highest BCUT2D eigenvalue weighted by molar-refractivity contribution is 6.17. The Bertz CT molecular complexity index is 7310. The molecule has 5 N–H and O–H groups in total. The molecule has 16 aromatic rings. The number of pyridine rings is 4. The normalized spacial score (nSPS) is 12.6. The van der Waals surface area contributed by atoms with Crippen molar-refractivity contribution in [2.75, 3.05) is 139 Å². The number of carboxylic acids is 1. The largest absolute Gasteiger partial charge is 0.497 e. The van der Waals surface area contributed by atoms with E-state index in [-0.39, 0.29) is 72.4 Å². The lowest BCUT2D eigenvalue weighted by molar-refractivity contribution is -0.136. The number of nitrogens with zero attached hydrogens (tertiary/aromatic N) is 16. The molecule has 8 aromatic heterocycles. The Morgan fingerprint density at radius 3 is 1.18 bits per heavy atom. The summed E-state index contributed by atoms with van der Waals surface area (Å²) in [7, 11) is 5.42. The molecule has 0 unspecified atom stereocenters. The Kier molecular flexibility index (Phi) is 37.5. The minimum Gasteiger partial charge on any atom is -0.497 e. The van der Waals surface area contributed by atoms with Crippen LogP contribution in [0.5, 0.6) is 23.0 Å². The number of imidazole rings is 2. The van der Waals surface area contributed by atoms with E-state index in [4.69, 9.17) is 51.5 Å². The number of fused-ring (bicyclic) bond motifs is 10. The number of hydrogen-bond acceptors (Lipinski definition) is 25. The summed E-state index contributed by atoms with van der Waals surface area (Å²) in [4.78, 5) is 119. The fourth-order valence-electron chi connectivity index (χ4n) is 16.6. The third kappa shape index (κ3) is 28.5. The Morgan fingerprint density at radius 1 is 0.416 bits per heavy atom. The number of carbonyl (C=O) groups excluding carboxylic acids is 5. The molecule has 0 spiro atoms. The zero-order chi connectivity index (χ0) is 106. The molecule has 149 heavy (non-hydrogen) atoms. The molecule has 0 radical (unpaired) electrons. The van der Waals surface area contributed by atoms with Crippen LogP contribution in [0.1, 0.15) is 88.2 Å². The van der Waals surface area contributed by atoms with Gasteiger partial charge < -0.3 is 74.4 Å². The zero-order valence-electron chi connectivity index (χ0n) is 85.0. The predicted molar refractivity (Wildman–Crippen MR) is 576 cm³/mol. The molecule has 4 aliphatic rings. The maximum atomic E-state index is 15.0. The first-order valence-corrected chi connectivity index (χ1v) is 48.1. The first-order chi connectivity index (χ1) is 72.0. The van der Waals surface area contributed by atoms with Crippen LogP contribution in [0.3, 0.4) is 0 Å². The number of methoxy groups -OCH3 is 4. The number of carboxylic acid groups (broad SMARTS) is 1. The van der Waals surface area contributed by atoms with Crippen LogP contribution in [0.4, 0.5) is 80.2 Å². The van der Waals surface area contributed by atoms with E-state index in [2.05, 4.69) is 61.1 Å². The standard InChI is InChI=1S/C35H32FN7O3.C20H18ClFN4O2.C20H23N3O3.C15H15N3O.C13H18N2O2.C7H7NO2.CH3F.ClH/c1-45-26-14-13-23(31(19-26)46-2)20-38-35-40-33-27(9-7-10-28(33)36)34-39-25(22-43(34)35)21-41-16-17-42(30-12-4-3-11-29(30)41)32(44)18-24-8-5-6-15-37-24;1-27-14-7-6-12(17(8-14)28-2)10-23-20-25-18-15(4-3-5-16(18)22)19-24-13(9-21)11-26(19)20;1-20(2,3)26-19(25)23-13-12-22(16-9-4-5-10-17(16)23)18(24)14-15-8-6-7-11-21-15;19-15(11-12-5-3-4-8-16-12)18-10-9-17-13-6-1-2-7-14(13)18;1-13(2,3)17-12(16)15-9-8-14-10-6-4-5-7-11(10)15;9-7(10)5-6-3-1-2-4-8-6;1-2;/h3-15,19,22H,16-18,20-21H2,1-2H3,(H,38,40);3-8,11H,9-10H2,1-2H3,(H,23,25);4-11H,12-14H2,1-3H3;1-8,17H,9-11H2;4-7,14H,8-9H2,1-3H3;1-4H,5H2,(H,9,10);1H3;1H/i;;;;;;1D;. The lowest BCUT2D eigenvalue weighted by Gasteiger charge is -2.37. The highest BCUT2D eigenvalue weighted by Crippen LogP contribution is 2.40. The van der Waals surface area contributed by atoms with Crippen LogP contribution >= 0.6 is 24.0 Å². The second-order valence-corrected chi connectivity index (χ2v) is 36.0. The molecule has 4 aliphatic heterocycles. The van der Waals surface area contributed by atoms with Crippen LogP contribution in [-0.2, 0) is 79.8 Å². The number of ether oxygens (including phenoxy) is 6. The van der Waals surface area contributed by atoms with E-state index in [9.17, 15) is 37.5 Å². The molecular formula is C111H117Cl2F3N20O13. The summed E-state index contributed by atoms with van der Waals surface area (Å²) >= 11 is 5.96. The molecule has 38 heteroatoms. The van der Waals surface area contributed by atoms with Crippen LogP contribution in [0, 0.1) is 11.6 Å². The van der Waals surface area contributed by atoms with Gasteiger partial charge in [-0.05, 0) is 187 Å². The number of amides is 5. The number of alkyl halides is 2. The zero-order valence-corrected chi connectivity index (χ0v) is 85.6. The molecule has 774 valence electrons. The fraction of sp³-hybridized carbons (Fsp3) is 0.261. The van der Waals surface area contributed by atoms with Gasteiger partial charge in [0.2, 0.25) is 29.6 Å². The molecule has 0 atom stereocenters. The number of nitrogens with one attached hydrogen (secondary N) is 4. The molecule has 5 amide bonds. The first kappa shape index (κ1) is 108. The number of rotatable bonds is 21. The van der Waals surface area contributed by atoms with Crippen LogP contribution in [0.15, 0.2) is 280 Å². The van der Waals surface area contributed by atoms with Gasteiger partial charge in [0, 0.05) is 154 Å². The van der Waals surface area contributed by atoms with E-state index in [1.165, 1.54) is 12.1 Å². The third-order valence-electron chi connectivity index (χ3n) is 23.4. The third-order valence-corrected chi connectivity index (χ3v) is 23.7. The van der Waals surface area contributed by atoms with E-state index in [0.717, 1.165) is 81.1 Å². The molecule has 0 fully saturated rings. The molecule has 20 rings (SSSR count). The van der Waals surface area contributed by atoms with Gasteiger partial charge in [0.25, 0.3) is 0 Å². The van der Waals surface area contributed by atoms with Crippen molar-refractivity contribution < 1.29 is 76.8 Å². The smallest absolute Gasteiger partial charge is 0.414 e. The van der Waals surface area contributed by atoms with Gasteiger partial charge in [0.05, 0.1) is 138 Å². The minimum absolute atomic E-state index is 0. The highest BCUT2D eigenvalue weighted by Gasteiger charge is 2.35. The molecule has 0 aliphatic carbocycles. The van der Waals surface area contributed by atoms with Gasteiger partial charge in [-0.3, -0.25) is 62.1 Å². The second-order valence-electron chi connectivity index (χ2n) is 35.8. The van der Waals surface area contributed by atoms with Crippen LogP contribution in [-0.4, -0.2) is 189 Å². The van der Waals surface area contributed by atoms with Gasteiger partial charge in [0.15, 0.2) is 0 Å². The van der Waals surface area contributed by atoms with Crippen molar-refractivity contribution >= 4 is 150 Å². The molecule has 33 nitrogen and oxygen atoms in total. The van der Waals surface area contributed by atoms with E-state index >= 15 is 4.39 Å². The van der Waals surface area contributed by atoms with Gasteiger partial charge in [-0.2, -0.15) is 0 Å². The number of aliphatic carboxylic acids is 1. The average Bonchev–Trinajstić information content (AvgIpc) is 1.58. The van der Waals surface area contributed by atoms with Crippen molar-refractivity contribution in [1.29, 1.82) is 0 Å². The summed E-state index contributed by atoms with van der Waals surface area (Å²) in [6.45, 7) is 17.2. The number of aromatic nitrogens is 10. The number of hydrogen-bond donors (Lipinski definition) is 5. The molecule has 0 bridgehead atoms. The van der Waals surface area contributed by atoms with Crippen molar-refractivity contribution in [3.05, 3.63) is 337 Å². The summed E-state index contributed by atoms with van der Waals surface area (Å²) in [6.07, 6.45) is 10.5. The van der Waals surface area contributed by atoms with Crippen molar-refractivity contribution in [2.24, 2.45) is 0 Å². The van der Waals surface area contributed by atoms with Crippen LogP contribution in [0.25, 0.3) is 33.1 Å². The number of carbonyl (C=O) groups is 6. The van der Waals surface area contributed by atoms with Gasteiger partial charge >= 0.3 is 18.2 Å². The van der Waals surface area contributed by atoms with E-state index in [1.807, 2.05) is 256 Å². The van der Waals surface area contributed by atoms with Gasteiger partial charge in [-0.1, -0.05) is 84.9 Å². The van der Waals surface area contributed by atoms with Crippen LogP contribution < -0.4 is 69.6 Å². The second kappa shape index (κ2) is 51.7. The number of halogens is 5. The number of benzene rings is 8. The summed E-state index contributed by atoms with van der Waals surface area (Å²) in [5.74, 6) is 2.29. The van der Waals surface area contributed by atoms with E-state index in [1.54, 1.807) is 115 Å². The van der Waals surface area contributed by atoms with E-state index < -0.39 is 42.1 Å². The molecule has 8 aromatic carbocycles. The summed E-state index contributed by atoms with van der Waals surface area (Å²) in [5.41, 5.74) is 13.8. The predicted octanol–water partition coefficient (Wildman–Crippen LogP) is 20.1. The molecule has 0 saturated carbocycles. The number of anilines is 10. The first-order valence-electron chi connectivity index (χ1n) is 48.3. The van der Waals surface area contributed by atoms with Gasteiger partial charge in [-0.25, -0.2) is 38.3 Å². The lowest BCUT2D eigenvalue weighted by Crippen LogP contribution is -2.48. The Hall–Kier alpha value is -16.9. The Morgan fingerprint density at radius 2 is 0.772 bits per heavy atom. The molecular weight excluding hydrogens is 1950 g/mol. The maximum Gasteiger partial charge on any atom is 0.414 e. The van der Waals surface area contributed by atoms with Crippen molar-refractivity contribution in [3.63, 3.8) is 0 Å². The minimum atomic E-state index is -1.00. The average molecular weight is 2070 g/mol. The molecule has 12 heterocycles. The van der Waals surface area contributed by atoms with Crippen molar-refractivity contribution in [3.8, 4) is 23.0 Å². The summed E-state index contributed by atoms with van der Waals surface area (Å²) in [6, 6.07) is 73.8. The SMILES string of the molecule is CC(C)(C)OC(=O)N1CCN(C(=O)Cc2ccccn2)c2ccccc21.CC(C)(C)OC(=O)N1CCNc2ccccc21.COc1ccc(CNc2nc3c(F)cccc3c3nc(CCl)cn23)c(OC)c1.COc1ccc(CNc2nc3c(F)cccc3c3nc(CN4CCN(C(=O)Cc5ccccn5)c5ccccc54)cn23)c(OC)c1.Cl.O=C(Cc1ccccn1)N1CCNc2ccccc21.O=C(O)Cc1ccccn1.[2H]CF. The van der Waals surface area contributed by atoms with E-state index in [0.29, 0.717) is 145 Å². The topological polar surface area (TPSA) is 358 Å². The monoisotopic (exact) mass is 2070 g/mol. The summed E-state index contributed by atoms with van der Waals surface area (Å²) in [5, 5.41) is 22.8. The fourth-order valence-corrected chi connectivity index (χ4v) is 16.8. The van der Waals surface area contributed by atoms with Crippen molar-refractivity contribution in [1.82, 2.24) is 48.7 Å². The number of para-hydroxylation sites is 10. The van der Waals surface area contributed by atoms with Gasteiger partial charge in [0.1, 0.15) is 68.2 Å². The summed E-state index contributed by atoms with van der Waals surface area (Å²) < 4.78 is 81.0. The molecule has 0 saturated heterocycles. The van der Waals surface area contributed by atoms with Crippen LogP contribution in [0.2, 0.25) is 0 Å². The van der Waals surface area contributed by atoms with Crippen molar-refractivity contribution in [2.45, 2.75) is 104 Å².